The van der Waals surface area contributed by atoms with Crippen molar-refractivity contribution in [2.75, 3.05) is 0 Å². The Morgan fingerprint density at radius 2 is 1.56 bits per heavy atom. The lowest BCUT2D eigenvalue weighted by atomic mass is 10.0. The van der Waals surface area contributed by atoms with E-state index in [1.54, 1.807) is 41.7 Å². The summed E-state index contributed by atoms with van der Waals surface area (Å²) in [4.78, 5) is 29.8. The molecular weight excluding hydrogens is 468 g/mol. The summed E-state index contributed by atoms with van der Waals surface area (Å²) >= 11 is 1.67. The van der Waals surface area contributed by atoms with E-state index in [9.17, 15) is 9.59 Å². The van der Waals surface area contributed by atoms with Crippen LogP contribution in [0, 0.1) is 0 Å². The third-order valence-corrected chi connectivity index (χ3v) is 7.13. The fraction of sp³-hybridized carbons (Fsp3) is 0.0333. The smallest absolute Gasteiger partial charge is 0.344 e. The number of nitrogens with zero attached hydrogens (tertiary/aromatic N) is 1. The van der Waals surface area contributed by atoms with Gasteiger partial charge in [-0.15, -0.1) is 11.3 Å². The van der Waals surface area contributed by atoms with Crippen LogP contribution in [0.25, 0.3) is 42.9 Å². The number of aromatic nitrogens is 1. The summed E-state index contributed by atoms with van der Waals surface area (Å²) in [6.45, 7) is 0.412. The number of para-hydroxylation sites is 2. The van der Waals surface area contributed by atoms with Gasteiger partial charge in [-0.2, -0.15) is 0 Å². The molecular formula is C30H20N2O3S. The van der Waals surface area contributed by atoms with Gasteiger partial charge >= 0.3 is 5.63 Å². The highest BCUT2D eigenvalue weighted by atomic mass is 32.1. The van der Waals surface area contributed by atoms with Crippen LogP contribution in [0.4, 0.5) is 0 Å². The normalized spacial score (nSPS) is 11.1. The number of hydrogen-bond acceptors (Lipinski definition) is 5. The van der Waals surface area contributed by atoms with Gasteiger partial charge in [-0.3, -0.25) is 4.79 Å². The van der Waals surface area contributed by atoms with Crippen molar-refractivity contribution in [2.24, 2.45) is 0 Å². The van der Waals surface area contributed by atoms with Crippen LogP contribution in [-0.2, 0) is 6.54 Å². The van der Waals surface area contributed by atoms with Crippen molar-refractivity contribution in [2.45, 2.75) is 6.54 Å². The van der Waals surface area contributed by atoms with Crippen LogP contribution in [0.15, 0.2) is 112 Å². The minimum Gasteiger partial charge on any atom is -0.422 e. The van der Waals surface area contributed by atoms with Crippen LogP contribution >= 0.6 is 11.3 Å². The van der Waals surface area contributed by atoms with Crippen LogP contribution in [0.1, 0.15) is 15.9 Å². The molecule has 0 atom stereocenters. The van der Waals surface area contributed by atoms with E-state index in [0.29, 0.717) is 28.8 Å². The second kappa shape index (κ2) is 9.24. The molecule has 0 fully saturated rings. The van der Waals surface area contributed by atoms with E-state index in [1.165, 1.54) is 0 Å². The molecule has 1 N–H and O–H groups in total. The van der Waals surface area contributed by atoms with Gasteiger partial charge in [0.2, 0.25) is 0 Å². The summed E-state index contributed by atoms with van der Waals surface area (Å²) in [7, 11) is 0. The average molecular weight is 489 g/mol. The molecule has 0 aliphatic rings. The van der Waals surface area contributed by atoms with Crippen molar-refractivity contribution >= 4 is 38.4 Å². The summed E-state index contributed by atoms with van der Waals surface area (Å²) < 4.78 is 6.59. The van der Waals surface area contributed by atoms with Gasteiger partial charge in [0, 0.05) is 23.1 Å². The zero-order valence-corrected chi connectivity index (χ0v) is 19.9. The fourth-order valence-electron chi connectivity index (χ4n) is 4.11. The molecule has 6 heteroatoms. The van der Waals surface area contributed by atoms with E-state index in [1.807, 2.05) is 66.7 Å². The van der Waals surface area contributed by atoms with Gasteiger partial charge in [0.05, 0.1) is 15.8 Å². The molecule has 4 aromatic carbocycles. The highest BCUT2D eigenvalue weighted by Gasteiger charge is 2.11. The second-order valence-corrected chi connectivity index (χ2v) is 9.46. The number of rotatable bonds is 5. The molecule has 5 nitrogen and oxygen atoms in total. The molecule has 1 amide bonds. The highest BCUT2D eigenvalue weighted by Crippen LogP contribution is 2.30. The standard InChI is InChI=1S/C30H20N2O3S/c33-28(21-15-13-20(14-16-21)24-17-23-5-1-3-7-26(23)35-30(24)34)31-18-19-9-11-22(12-10-19)29-32-25-6-2-4-8-27(25)36-29/h1-17H,18H2,(H,31,33). The Bertz CT molecular complexity index is 1730. The van der Waals surface area contributed by atoms with Gasteiger partial charge in [0.25, 0.3) is 5.91 Å². The largest absolute Gasteiger partial charge is 0.422 e. The van der Waals surface area contributed by atoms with Gasteiger partial charge < -0.3 is 9.73 Å². The molecule has 6 rings (SSSR count). The molecule has 2 heterocycles. The molecule has 2 aromatic heterocycles. The molecule has 0 radical (unpaired) electrons. The van der Waals surface area contributed by atoms with E-state index in [0.717, 1.165) is 31.7 Å². The molecule has 0 bridgehead atoms. The van der Waals surface area contributed by atoms with Crippen molar-refractivity contribution in [3.63, 3.8) is 0 Å². The number of carbonyl (C=O) groups is 1. The molecule has 0 saturated carbocycles. The summed E-state index contributed by atoms with van der Waals surface area (Å²) in [5.41, 5.74) is 4.90. The molecule has 0 unspecified atom stereocenters. The van der Waals surface area contributed by atoms with Crippen molar-refractivity contribution in [3.8, 4) is 21.7 Å². The molecule has 174 valence electrons. The Kier molecular flexibility index (Phi) is 5.64. The first kappa shape index (κ1) is 21.9. The third-order valence-electron chi connectivity index (χ3n) is 6.05. The minimum absolute atomic E-state index is 0.178. The Morgan fingerprint density at radius 1 is 0.833 bits per heavy atom. The average Bonchev–Trinajstić information content (AvgIpc) is 3.36. The predicted octanol–water partition coefficient (Wildman–Crippen LogP) is 6.67. The topological polar surface area (TPSA) is 72.2 Å². The number of hydrogen-bond donors (Lipinski definition) is 1. The summed E-state index contributed by atoms with van der Waals surface area (Å²) in [5.74, 6) is -0.178. The van der Waals surface area contributed by atoms with Crippen molar-refractivity contribution in [1.29, 1.82) is 0 Å². The van der Waals surface area contributed by atoms with E-state index < -0.39 is 5.63 Å². The predicted molar refractivity (Wildman–Crippen MR) is 144 cm³/mol. The van der Waals surface area contributed by atoms with Gasteiger partial charge in [0.15, 0.2) is 0 Å². The van der Waals surface area contributed by atoms with Gasteiger partial charge in [-0.05, 0) is 47.5 Å². The Morgan fingerprint density at radius 3 is 2.36 bits per heavy atom. The van der Waals surface area contributed by atoms with Crippen LogP contribution in [0.3, 0.4) is 0 Å². The maximum Gasteiger partial charge on any atom is 0.344 e. The zero-order chi connectivity index (χ0) is 24.5. The molecule has 0 saturated heterocycles. The van der Waals surface area contributed by atoms with E-state index in [4.69, 9.17) is 9.40 Å². The number of amides is 1. The lowest BCUT2D eigenvalue weighted by molar-refractivity contribution is 0.0951. The van der Waals surface area contributed by atoms with Crippen molar-refractivity contribution in [3.05, 3.63) is 125 Å². The minimum atomic E-state index is -0.403. The van der Waals surface area contributed by atoms with Crippen LogP contribution in [0.2, 0.25) is 0 Å². The number of fused-ring (bicyclic) bond motifs is 2. The summed E-state index contributed by atoms with van der Waals surface area (Å²) in [6.07, 6.45) is 0. The Labute approximate surface area is 210 Å². The first-order valence-electron chi connectivity index (χ1n) is 11.5. The Hall–Kier alpha value is -4.55. The van der Waals surface area contributed by atoms with Crippen LogP contribution in [0.5, 0.6) is 0 Å². The van der Waals surface area contributed by atoms with Crippen molar-refractivity contribution < 1.29 is 9.21 Å². The van der Waals surface area contributed by atoms with E-state index >= 15 is 0 Å². The maximum absolute atomic E-state index is 12.7. The molecule has 36 heavy (non-hydrogen) atoms. The zero-order valence-electron chi connectivity index (χ0n) is 19.1. The SMILES string of the molecule is O=C(NCc1ccc(-c2nc3ccccc3s2)cc1)c1ccc(-c2cc3ccccc3oc2=O)cc1. The first-order chi connectivity index (χ1) is 17.6. The highest BCUT2D eigenvalue weighted by molar-refractivity contribution is 7.21. The van der Waals surface area contributed by atoms with Gasteiger partial charge in [-0.25, -0.2) is 9.78 Å². The maximum atomic E-state index is 12.7. The number of carbonyl (C=O) groups excluding carboxylic acids is 1. The van der Waals surface area contributed by atoms with E-state index in [-0.39, 0.29) is 5.91 Å². The van der Waals surface area contributed by atoms with Crippen molar-refractivity contribution in [1.82, 2.24) is 10.3 Å². The number of benzene rings is 4. The first-order valence-corrected chi connectivity index (χ1v) is 12.3. The fourth-order valence-corrected chi connectivity index (χ4v) is 5.08. The summed E-state index contributed by atoms with van der Waals surface area (Å²) in [5, 5.41) is 4.79. The van der Waals surface area contributed by atoms with Crippen LogP contribution < -0.4 is 10.9 Å². The quantitative estimate of drug-likeness (QED) is 0.275. The number of thiazole rings is 1. The van der Waals surface area contributed by atoms with Gasteiger partial charge in [-0.1, -0.05) is 66.7 Å². The molecule has 0 aliphatic heterocycles. The summed E-state index contributed by atoms with van der Waals surface area (Å²) in [6, 6.07) is 32.3. The number of nitrogens with one attached hydrogen (secondary N) is 1. The monoisotopic (exact) mass is 488 g/mol. The van der Waals surface area contributed by atoms with E-state index in [2.05, 4.69) is 11.4 Å². The molecule has 6 aromatic rings. The second-order valence-electron chi connectivity index (χ2n) is 8.43. The molecule has 0 spiro atoms. The lowest BCUT2D eigenvalue weighted by Gasteiger charge is -2.07. The van der Waals surface area contributed by atoms with Crippen LogP contribution in [-0.4, -0.2) is 10.9 Å². The lowest BCUT2D eigenvalue weighted by Crippen LogP contribution is -2.22. The molecule has 0 aliphatic carbocycles. The van der Waals surface area contributed by atoms with Gasteiger partial charge in [0.1, 0.15) is 10.6 Å². The Balaban J connectivity index is 1.13. The third kappa shape index (κ3) is 4.30.